The van der Waals surface area contributed by atoms with Crippen LogP contribution in [0.1, 0.15) is 16.6 Å². The Hall–Kier alpha value is -1.07. The summed E-state index contributed by atoms with van der Waals surface area (Å²) in [6, 6.07) is 1.67. The Morgan fingerprint density at radius 3 is 2.71 bits per heavy atom. The van der Waals surface area contributed by atoms with Gasteiger partial charge in [0.25, 0.3) is 5.91 Å². The lowest BCUT2D eigenvalue weighted by molar-refractivity contribution is -0.142. The SMILES string of the molecule is C[C@@H]1CN(C(=O)c2sccc2Cl)C[C@H]1C(=O)O. The van der Waals surface area contributed by atoms with Crippen LogP contribution in [0.3, 0.4) is 0 Å². The molecule has 0 unspecified atom stereocenters. The smallest absolute Gasteiger partial charge is 0.308 e. The van der Waals surface area contributed by atoms with Gasteiger partial charge in [-0.1, -0.05) is 18.5 Å². The minimum Gasteiger partial charge on any atom is -0.481 e. The minimum atomic E-state index is -0.843. The van der Waals surface area contributed by atoms with E-state index in [4.69, 9.17) is 16.7 Å². The van der Waals surface area contributed by atoms with Gasteiger partial charge in [0, 0.05) is 13.1 Å². The van der Waals surface area contributed by atoms with E-state index in [-0.39, 0.29) is 18.4 Å². The van der Waals surface area contributed by atoms with E-state index in [9.17, 15) is 9.59 Å². The molecule has 0 aliphatic carbocycles. The van der Waals surface area contributed by atoms with Gasteiger partial charge in [0.05, 0.1) is 10.9 Å². The van der Waals surface area contributed by atoms with Crippen molar-refractivity contribution in [3.05, 3.63) is 21.3 Å². The number of likely N-dealkylation sites (tertiary alicyclic amines) is 1. The first-order valence-corrected chi connectivity index (χ1v) is 6.51. The number of halogens is 1. The van der Waals surface area contributed by atoms with Gasteiger partial charge in [0.1, 0.15) is 4.88 Å². The van der Waals surface area contributed by atoms with E-state index in [1.807, 2.05) is 6.92 Å². The monoisotopic (exact) mass is 273 g/mol. The minimum absolute atomic E-state index is 0.0183. The van der Waals surface area contributed by atoms with Crippen molar-refractivity contribution in [3.8, 4) is 0 Å². The third-order valence-corrected chi connectivity index (χ3v) is 4.36. The van der Waals surface area contributed by atoms with E-state index >= 15 is 0 Å². The summed E-state index contributed by atoms with van der Waals surface area (Å²) in [7, 11) is 0. The van der Waals surface area contributed by atoms with Crippen LogP contribution in [-0.4, -0.2) is 35.0 Å². The van der Waals surface area contributed by atoms with Crippen molar-refractivity contribution in [2.75, 3.05) is 13.1 Å². The molecule has 4 nitrogen and oxygen atoms in total. The first-order valence-electron chi connectivity index (χ1n) is 5.25. The van der Waals surface area contributed by atoms with Gasteiger partial charge < -0.3 is 10.0 Å². The molecule has 92 valence electrons. The average Bonchev–Trinajstić information content (AvgIpc) is 2.83. The maximum atomic E-state index is 12.1. The molecule has 0 aromatic carbocycles. The lowest BCUT2D eigenvalue weighted by Crippen LogP contribution is -2.29. The van der Waals surface area contributed by atoms with Crippen molar-refractivity contribution in [1.29, 1.82) is 0 Å². The first-order chi connectivity index (χ1) is 8.00. The molecule has 0 saturated carbocycles. The fourth-order valence-electron chi connectivity index (χ4n) is 2.04. The second-order valence-corrected chi connectivity index (χ2v) is 5.55. The molecule has 1 aromatic rings. The van der Waals surface area contributed by atoms with Crippen LogP contribution in [0.5, 0.6) is 0 Å². The summed E-state index contributed by atoms with van der Waals surface area (Å²) >= 11 is 7.18. The van der Waals surface area contributed by atoms with Crippen LogP contribution >= 0.6 is 22.9 Å². The Balaban J connectivity index is 2.13. The molecule has 1 fully saturated rings. The Morgan fingerprint density at radius 1 is 1.53 bits per heavy atom. The maximum absolute atomic E-state index is 12.1. The topological polar surface area (TPSA) is 57.6 Å². The summed E-state index contributed by atoms with van der Waals surface area (Å²) in [6.45, 7) is 2.59. The van der Waals surface area contributed by atoms with Crippen LogP contribution in [-0.2, 0) is 4.79 Å². The summed E-state index contributed by atoms with van der Waals surface area (Å²) in [5.74, 6) is -1.50. The highest BCUT2D eigenvalue weighted by atomic mass is 35.5. The van der Waals surface area contributed by atoms with E-state index in [0.717, 1.165) is 0 Å². The van der Waals surface area contributed by atoms with Crippen molar-refractivity contribution < 1.29 is 14.7 Å². The Labute approximate surface area is 108 Å². The number of hydrogen-bond donors (Lipinski definition) is 1. The molecule has 17 heavy (non-hydrogen) atoms. The molecule has 0 bridgehead atoms. The van der Waals surface area contributed by atoms with Crippen molar-refractivity contribution in [3.63, 3.8) is 0 Å². The fraction of sp³-hybridized carbons (Fsp3) is 0.455. The highest BCUT2D eigenvalue weighted by Gasteiger charge is 2.37. The zero-order valence-corrected chi connectivity index (χ0v) is 10.8. The lowest BCUT2D eigenvalue weighted by atomic mass is 9.99. The van der Waals surface area contributed by atoms with Gasteiger partial charge in [-0.15, -0.1) is 11.3 Å². The molecule has 0 spiro atoms. The highest BCUT2D eigenvalue weighted by Crippen LogP contribution is 2.29. The van der Waals surface area contributed by atoms with Crippen LogP contribution < -0.4 is 0 Å². The second-order valence-electron chi connectivity index (χ2n) is 4.23. The predicted molar refractivity (Wildman–Crippen MR) is 65.5 cm³/mol. The number of rotatable bonds is 2. The number of amides is 1. The molecule has 2 rings (SSSR count). The number of carbonyl (C=O) groups is 2. The van der Waals surface area contributed by atoms with Gasteiger partial charge in [-0.2, -0.15) is 0 Å². The van der Waals surface area contributed by atoms with Gasteiger partial charge in [-0.25, -0.2) is 0 Å². The molecular formula is C11H12ClNO3S. The van der Waals surface area contributed by atoms with Crippen molar-refractivity contribution in [2.24, 2.45) is 11.8 Å². The molecule has 1 aromatic heterocycles. The standard InChI is InChI=1S/C11H12ClNO3S/c1-6-4-13(5-7(6)11(15)16)10(14)9-8(12)2-3-17-9/h2-3,6-7H,4-5H2,1H3,(H,15,16)/t6-,7-/m1/s1. The second kappa shape index (κ2) is 4.66. The lowest BCUT2D eigenvalue weighted by Gasteiger charge is -2.14. The number of nitrogens with zero attached hydrogens (tertiary/aromatic N) is 1. The predicted octanol–water partition coefficient (Wildman–Crippen LogP) is 2.19. The maximum Gasteiger partial charge on any atom is 0.308 e. The van der Waals surface area contributed by atoms with Crippen LogP contribution in [0.25, 0.3) is 0 Å². The molecule has 1 saturated heterocycles. The van der Waals surface area contributed by atoms with E-state index in [1.165, 1.54) is 11.3 Å². The normalized spacial score (nSPS) is 24.0. The molecule has 1 N–H and O–H groups in total. The third-order valence-electron chi connectivity index (χ3n) is 3.03. The number of hydrogen-bond acceptors (Lipinski definition) is 3. The molecule has 2 atom stereocenters. The molecule has 0 radical (unpaired) electrons. The van der Waals surface area contributed by atoms with Crippen molar-refractivity contribution in [2.45, 2.75) is 6.92 Å². The summed E-state index contributed by atoms with van der Waals surface area (Å²) < 4.78 is 0. The van der Waals surface area contributed by atoms with Crippen molar-refractivity contribution >= 4 is 34.8 Å². The average molecular weight is 274 g/mol. The zero-order chi connectivity index (χ0) is 12.6. The van der Waals surface area contributed by atoms with Crippen LogP contribution in [0.15, 0.2) is 11.4 Å². The van der Waals surface area contributed by atoms with E-state index in [0.29, 0.717) is 16.4 Å². The number of aliphatic carboxylic acids is 1. The quantitative estimate of drug-likeness (QED) is 0.899. The Bertz CT molecular complexity index is 459. The molecule has 1 aliphatic heterocycles. The Kier molecular flexibility index (Phi) is 3.40. The van der Waals surface area contributed by atoms with E-state index < -0.39 is 11.9 Å². The number of carboxylic acids is 1. The van der Waals surface area contributed by atoms with E-state index in [2.05, 4.69) is 0 Å². The largest absolute Gasteiger partial charge is 0.481 e. The summed E-state index contributed by atoms with van der Waals surface area (Å²) in [5, 5.41) is 11.2. The summed E-state index contributed by atoms with van der Waals surface area (Å²) in [6.07, 6.45) is 0. The van der Waals surface area contributed by atoms with Gasteiger partial charge in [-0.3, -0.25) is 9.59 Å². The van der Waals surface area contributed by atoms with Gasteiger partial charge in [0.15, 0.2) is 0 Å². The molecule has 2 heterocycles. The highest BCUT2D eigenvalue weighted by molar-refractivity contribution is 7.12. The van der Waals surface area contributed by atoms with Crippen molar-refractivity contribution in [1.82, 2.24) is 4.90 Å². The van der Waals surface area contributed by atoms with Gasteiger partial charge in [-0.05, 0) is 17.4 Å². The number of thiophene rings is 1. The van der Waals surface area contributed by atoms with Gasteiger partial charge >= 0.3 is 5.97 Å². The molecule has 6 heteroatoms. The molecule has 1 amide bonds. The number of carboxylic acid groups (broad SMARTS) is 1. The van der Waals surface area contributed by atoms with Crippen LogP contribution in [0.2, 0.25) is 5.02 Å². The Morgan fingerprint density at radius 2 is 2.24 bits per heavy atom. The van der Waals surface area contributed by atoms with E-state index in [1.54, 1.807) is 16.3 Å². The van der Waals surface area contributed by atoms with Crippen LogP contribution in [0, 0.1) is 11.8 Å². The first kappa shape index (κ1) is 12.4. The summed E-state index contributed by atoms with van der Waals surface area (Å²) in [4.78, 5) is 25.1. The van der Waals surface area contributed by atoms with Crippen LogP contribution in [0.4, 0.5) is 0 Å². The fourth-order valence-corrected chi connectivity index (χ4v) is 3.15. The summed E-state index contributed by atoms with van der Waals surface area (Å²) in [5.41, 5.74) is 0. The van der Waals surface area contributed by atoms with Gasteiger partial charge in [0.2, 0.25) is 0 Å². The zero-order valence-electron chi connectivity index (χ0n) is 9.22. The molecular weight excluding hydrogens is 262 g/mol. The molecule has 1 aliphatic rings. The third kappa shape index (κ3) is 2.30. The number of carbonyl (C=O) groups excluding carboxylic acids is 1.